The van der Waals surface area contributed by atoms with Crippen LogP contribution in [-0.2, 0) is 10.1 Å². The molecule has 0 bridgehead atoms. The zero-order valence-electron chi connectivity index (χ0n) is 21.5. The van der Waals surface area contributed by atoms with Gasteiger partial charge in [-0.3, -0.25) is 14.1 Å². The van der Waals surface area contributed by atoms with Crippen molar-refractivity contribution >= 4 is 60.5 Å². The van der Waals surface area contributed by atoms with E-state index in [4.69, 9.17) is 11.6 Å². The van der Waals surface area contributed by atoms with Gasteiger partial charge in [0, 0.05) is 26.4 Å². The van der Waals surface area contributed by atoms with Gasteiger partial charge in [-0.25, -0.2) is 4.98 Å². The van der Waals surface area contributed by atoms with Gasteiger partial charge in [0.05, 0.1) is 27.5 Å². The van der Waals surface area contributed by atoms with Crippen molar-refractivity contribution in [3.63, 3.8) is 0 Å². The van der Waals surface area contributed by atoms with Crippen molar-refractivity contribution in [1.29, 1.82) is 0 Å². The maximum absolute atomic E-state index is 14.0. The van der Waals surface area contributed by atoms with Crippen LogP contribution >= 0.6 is 11.6 Å². The fraction of sp³-hybridized carbons (Fsp3) is 0.0333. The summed E-state index contributed by atoms with van der Waals surface area (Å²) in [6, 6.07) is 20.8. The molecule has 1 aliphatic carbocycles. The van der Waals surface area contributed by atoms with E-state index >= 15 is 0 Å². The first-order valence-corrected chi connectivity index (χ1v) is 13.9. The average Bonchev–Trinajstić information content (AvgIpc) is 2.93. The maximum atomic E-state index is 14.0. The maximum Gasteiger partial charge on any atom is 0.296 e. The molecule has 1 heterocycles. The molecule has 0 radical (unpaired) electrons. The minimum Gasteiger partial charge on any atom is -0.506 e. The predicted molar refractivity (Wildman–Crippen MR) is 159 cm³/mol. The number of aliphatic hydroxyl groups excluding tert-OH is 1. The zero-order valence-corrected chi connectivity index (χ0v) is 23.0. The van der Waals surface area contributed by atoms with E-state index < -0.39 is 20.6 Å². The monoisotopic (exact) mass is 587 g/mol. The van der Waals surface area contributed by atoms with Gasteiger partial charge in [-0.2, -0.15) is 8.42 Å². The van der Waals surface area contributed by atoms with Gasteiger partial charge in [0.1, 0.15) is 10.7 Å². The Labute approximate surface area is 237 Å². The van der Waals surface area contributed by atoms with E-state index in [0.29, 0.717) is 32.3 Å². The van der Waals surface area contributed by atoms with Crippen LogP contribution in [-0.4, -0.2) is 23.1 Å². The first-order chi connectivity index (χ1) is 19.1. The molecule has 0 spiro atoms. The lowest BCUT2D eigenvalue weighted by Gasteiger charge is -2.16. The number of aryl methyl sites for hydroxylation is 1. The molecule has 4 aromatic rings. The molecule has 6 N–H and O–H groups in total. The largest absolute Gasteiger partial charge is 0.506 e. The predicted octanol–water partition coefficient (Wildman–Crippen LogP) is 4.82. The molecule has 0 amide bonds. The Morgan fingerprint density at radius 2 is 1.54 bits per heavy atom. The number of nitrogens with one attached hydrogen (secondary N) is 1. The van der Waals surface area contributed by atoms with Crippen LogP contribution in [0.1, 0.15) is 11.1 Å². The molecule has 206 valence electrons. The van der Waals surface area contributed by atoms with Gasteiger partial charge in [0.25, 0.3) is 15.7 Å². The second kappa shape index (κ2) is 10.1. The van der Waals surface area contributed by atoms with Crippen LogP contribution in [0.3, 0.4) is 0 Å². The lowest BCUT2D eigenvalue weighted by atomic mass is 9.95. The quantitative estimate of drug-likeness (QED) is 0.211. The van der Waals surface area contributed by atoms with E-state index in [9.17, 15) is 27.7 Å². The lowest BCUT2D eigenvalue weighted by Crippen LogP contribution is -2.33. The lowest BCUT2D eigenvalue weighted by molar-refractivity contribution is 0.483. The van der Waals surface area contributed by atoms with Crippen LogP contribution < -0.4 is 27.7 Å². The summed E-state index contributed by atoms with van der Waals surface area (Å²) in [5.41, 5.74) is 0.376. The molecule has 9 nitrogen and oxygen atoms in total. The standard InChI is InChI=1S/C30H19ClN2O6S.H3N/c1-15-13-21(32-20-12-11-17(31)14-22(20)40(37,38)39)24-25-23(18-9-5-6-10-19(18)29(24)35)26(30(36)33-27(15)25)28(34)16-7-3-2-4-8-16;/h2-14,32,34H,1H3,(H,37,38,39);1H3/b28-26+;. The van der Waals surface area contributed by atoms with Crippen molar-refractivity contribution in [2.75, 3.05) is 5.32 Å². The normalized spacial score (nSPS) is 12.5. The van der Waals surface area contributed by atoms with Crippen LogP contribution in [0, 0.1) is 17.4 Å². The van der Waals surface area contributed by atoms with E-state index in [1.165, 1.54) is 12.1 Å². The number of rotatable bonds is 4. The molecule has 6 rings (SSSR count). The van der Waals surface area contributed by atoms with Gasteiger partial charge in [-0.05, 0) is 42.1 Å². The van der Waals surface area contributed by atoms with Gasteiger partial charge in [-0.15, -0.1) is 0 Å². The second-order valence-corrected chi connectivity index (χ2v) is 11.2. The summed E-state index contributed by atoms with van der Waals surface area (Å²) < 4.78 is 34.1. The Morgan fingerprint density at radius 3 is 2.22 bits per heavy atom. The van der Waals surface area contributed by atoms with Crippen LogP contribution in [0.15, 0.2) is 93.3 Å². The topological polar surface area (TPSA) is 169 Å². The summed E-state index contributed by atoms with van der Waals surface area (Å²) >= 11 is 5.99. The van der Waals surface area contributed by atoms with E-state index in [2.05, 4.69) is 10.3 Å². The SMILES string of the molecule is Cc1cc(Nc2ccc(Cl)cc2S(=O)(=O)O)c2c3c1nc(=O)/c(=C(/O)c1ccccc1)c=3c1ccccc1c2=O.N. The molecule has 4 aromatic carbocycles. The van der Waals surface area contributed by atoms with Crippen molar-refractivity contribution in [2.45, 2.75) is 11.8 Å². The molecule has 0 unspecified atom stereocenters. The van der Waals surface area contributed by atoms with E-state index in [1.807, 2.05) is 0 Å². The number of aliphatic hydroxyl groups is 1. The summed E-state index contributed by atoms with van der Waals surface area (Å²) in [5.74, 6) is -0.285. The third kappa shape index (κ3) is 4.52. The summed E-state index contributed by atoms with van der Waals surface area (Å²) in [5, 5.41) is 15.9. The number of anilines is 2. The Kier molecular flexibility index (Phi) is 6.88. The molecule has 0 fully saturated rings. The Bertz CT molecular complexity index is 2350. The van der Waals surface area contributed by atoms with Crippen LogP contribution in [0.4, 0.5) is 11.4 Å². The summed E-state index contributed by atoms with van der Waals surface area (Å²) in [4.78, 5) is 31.3. The van der Waals surface area contributed by atoms with Crippen LogP contribution in [0.5, 0.6) is 0 Å². The van der Waals surface area contributed by atoms with Crippen molar-refractivity contribution in [2.24, 2.45) is 0 Å². The number of hydrogen-bond donors (Lipinski definition) is 4. The van der Waals surface area contributed by atoms with Gasteiger partial charge in [-0.1, -0.05) is 66.2 Å². The second-order valence-electron chi connectivity index (χ2n) is 9.34. The average molecular weight is 588 g/mol. The minimum absolute atomic E-state index is 0. The molecule has 1 aliphatic heterocycles. The van der Waals surface area contributed by atoms with Crippen molar-refractivity contribution in [1.82, 2.24) is 11.1 Å². The Morgan fingerprint density at radius 1 is 0.878 bits per heavy atom. The number of halogens is 1. The Balaban J connectivity index is 0.00000337. The third-order valence-corrected chi connectivity index (χ3v) is 7.99. The molecule has 0 saturated heterocycles. The number of benzene rings is 4. The van der Waals surface area contributed by atoms with E-state index in [1.54, 1.807) is 67.6 Å². The minimum atomic E-state index is -4.68. The molecular formula is C30H22ClN3O6S. The fourth-order valence-corrected chi connectivity index (χ4v) is 6.05. The highest BCUT2D eigenvalue weighted by Crippen LogP contribution is 2.32. The van der Waals surface area contributed by atoms with Crippen LogP contribution in [0.2, 0.25) is 5.02 Å². The highest BCUT2D eigenvalue weighted by Gasteiger charge is 2.22. The fourth-order valence-electron chi connectivity index (χ4n) is 5.14. The van der Waals surface area contributed by atoms with Gasteiger partial charge >= 0.3 is 0 Å². The number of hydrogen-bond acceptors (Lipinski definition) is 8. The first kappa shape index (κ1) is 27.9. The molecular weight excluding hydrogens is 566 g/mol. The summed E-state index contributed by atoms with van der Waals surface area (Å²) in [7, 11) is -4.68. The molecule has 41 heavy (non-hydrogen) atoms. The number of nitrogens with zero attached hydrogens (tertiary/aromatic N) is 1. The van der Waals surface area contributed by atoms with Crippen molar-refractivity contribution < 1.29 is 18.1 Å². The smallest absolute Gasteiger partial charge is 0.296 e. The van der Waals surface area contributed by atoms with Crippen molar-refractivity contribution in [3.05, 3.63) is 131 Å². The molecule has 0 saturated carbocycles. The third-order valence-electron chi connectivity index (χ3n) is 6.86. The molecule has 0 aromatic heterocycles. The number of aromatic nitrogens is 1. The van der Waals surface area contributed by atoms with Crippen molar-refractivity contribution in [3.8, 4) is 0 Å². The van der Waals surface area contributed by atoms with E-state index in [0.717, 1.165) is 6.07 Å². The van der Waals surface area contributed by atoms with E-state index in [-0.39, 0.29) is 49.9 Å². The molecule has 2 aliphatic rings. The number of fused-ring (bicyclic) bond motifs is 2. The highest BCUT2D eigenvalue weighted by atomic mass is 35.5. The zero-order chi connectivity index (χ0) is 28.3. The highest BCUT2D eigenvalue weighted by molar-refractivity contribution is 7.86. The van der Waals surface area contributed by atoms with Crippen LogP contribution in [0.25, 0.3) is 27.4 Å². The molecule has 0 atom stereocenters. The first-order valence-electron chi connectivity index (χ1n) is 12.0. The Hall–Kier alpha value is -4.61. The summed E-state index contributed by atoms with van der Waals surface area (Å²) in [6.45, 7) is 1.71. The van der Waals surface area contributed by atoms with Gasteiger partial charge in [0.2, 0.25) is 0 Å². The summed E-state index contributed by atoms with van der Waals surface area (Å²) in [6.07, 6.45) is 0. The van der Waals surface area contributed by atoms with Gasteiger partial charge < -0.3 is 16.6 Å². The van der Waals surface area contributed by atoms with Gasteiger partial charge in [0.15, 0.2) is 5.43 Å². The molecule has 11 heteroatoms.